The molecule has 0 saturated carbocycles. The summed E-state index contributed by atoms with van der Waals surface area (Å²) in [6.07, 6.45) is -2.87. The van der Waals surface area contributed by atoms with Gasteiger partial charge >= 0.3 is 6.18 Å². The van der Waals surface area contributed by atoms with E-state index < -0.39 is 11.6 Å². The van der Waals surface area contributed by atoms with Crippen LogP contribution < -0.4 is 0 Å². The molecular weight excluding hydrogens is 502 g/mol. The van der Waals surface area contributed by atoms with Crippen molar-refractivity contribution in [1.82, 2.24) is 0 Å². The molecule has 3 rings (SSSR count). The van der Waals surface area contributed by atoms with Crippen molar-refractivity contribution in [3.63, 3.8) is 0 Å². The fourth-order valence-corrected chi connectivity index (χ4v) is 6.86. The minimum absolute atomic E-state index is 0.0653. The molecule has 3 aromatic rings. The van der Waals surface area contributed by atoms with Crippen molar-refractivity contribution in [3.8, 4) is 0 Å². The highest BCUT2D eigenvalue weighted by atomic mass is 32.1. The lowest BCUT2D eigenvalue weighted by Crippen LogP contribution is -2.33. The molecule has 0 fully saturated rings. The van der Waals surface area contributed by atoms with Crippen molar-refractivity contribution in [1.29, 1.82) is 0 Å². The molecule has 35 heavy (non-hydrogen) atoms. The van der Waals surface area contributed by atoms with Gasteiger partial charge in [0.05, 0.1) is 5.41 Å². The Morgan fingerprint density at radius 1 is 0.571 bits per heavy atom. The van der Waals surface area contributed by atoms with Crippen LogP contribution in [0.2, 0.25) is 0 Å². The van der Waals surface area contributed by atoms with E-state index in [0.717, 1.165) is 15.3 Å². The van der Waals surface area contributed by atoms with Crippen LogP contribution in [0, 0.1) is 59.3 Å². The van der Waals surface area contributed by atoms with Crippen LogP contribution in [-0.4, -0.2) is 6.18 Å². The number of aryl methyl sites for hydroxylation is 7. The van der Waals surface area contributed by atoms with E-state index in [2.05, 4.69) is 67.5 Å². The van der Waals surface area contributed by atoms with E-state index in [1.807, 2.05) is 42.6 Å². The van der Waals surface area contributed by atoms with Gasteiger partial charge in [0.1, 0.15) is 0 Å². The molecule has 0 aliphatic heterocycles. The van der Waals surface area contributed by atoms with Gasteiger partial charge in [0.15, 0.2) is 0 Å². The molecule has 0 nitrogen and oxygen atoms in total. The average Bonchev–Trinajstić information content (AvgIpc) is 3.23. The summed E-state index contributed by atoms with van der Waals surface area (Å²) in [6, 6.07) is 6.40. The van der Waals surface area contributed by atoms with Crippen molar-refractivity contribution in [2.75, 3.05) is 0 Å². The smallest absolute Gasteiger partial charge is 0.171 e. The third-order valence-electron chi connectivity index (χ3n) is 5.81. The molecule has 0 radical (unpaired) electrons. The van der Waals surface area contributed by atoms with Crippen LogP contribution in [0.15, 0.2) is 18.2 Å². The first-order valence-corrected chi connectivity index (χ1v) is 14.4. The molecule has 198 valence electrons. The standard InChI is InChI=1S/C11H15F3S.C11H18S.C7H10S/c1-7-5-9(15-8(7)2)6-10(3,4)11(12,13)14;1-8-6-10(12-9(8)2)7-11(3,4)5;1-5-4-6(2)8-7(5)3/h5H,6H2,1-4H3;6H,7H2,1-5H3;4H,1-3H3. The molecule has 0 amide bonds. The molecule has 3 heterocycles. The first-order chi connectivity index (χ1) is 15.7. The van der Waals surface area contributed by atoms with Crippen LogP contribution in [0.4, 0.5) is 13.2 Å². The van der Waals surface area contributed by atoms with Crippen LogP contribution in [-0.2, 0) is 12.8 Å². The van der Waals surface area contributed by atoms with Gasteiger partial charge in [-0.25, -0.2) is 0 Å². The Kier molecular flexibility index (Phi) is 11.3. The maximum atomic E-state index is 12.6. The third-order valence-corrected chi connectivity index (χ3v) is 9.18. The van der Waals surface area contributed by atoms with Gasteiger partial charge < -0.3 is 0 Å². The lowest BCUT2D eigenvalue weighted by atomic mass is 9.88. The second-order valence-corrected chi connectivity index (χ2v) is 15.4. The second-order valence-electron chi connectivity index (χ2n) is 11.3. The number of hydrogen-bond donors (Lipinski definition) is 0. The number of rotatable bonds is 3. The van der Waals surface area contributed by atoms with Gasteiger partial charge in [-0.15, -0.1) is 34.0 Å². The molecule has 6 heteroatoms. The summed E-state index contributed by atoms with van der Waals surface area (Å²) in [5.41, 5.74) is 2.72. The maximum Gasteiger partial charge on any atom is 0.394 e. The summed E-state index contributed by atoms with van der Waals surface area (Å²) >= 11 is 5.27. The Labute approximate surface area is 223 Å². The number of hydrogen-bond acceptors (Lipinski definition) is 3. The van der Waals surface area contributed by atoms with Crippen LogP contribution in [0.3, 0.4) is 0 Å². The van der Waals surface area contributed by atoms with E-state index in [1.54, 1.807) is 0 Å². The zero-order chi connectivity index (χ0) is 27.4. The van der Waals surface area contributed by atoms with Crippen molar-refractivity contribution in [2.45, 2.75) is 102 Å². The van der Waals surface area contributed by atoms with Gasteiger partial charge in [0, 0.05) is 29.3 Å². The molecule has 0 aromatic carbocycles. The Bertz CT molecular complexity index is 1010. The lowest BCUT2D eigenvalue weighted by Gasteiger charge is -2.26. The Balaban J connectivity index is 0.000000274. The van der Waals surface area contributed by atoms with Crippen molar-refractivity contribution in [2.24, 2.45) is 10.8 Å². The molecule has 0 atom stereocenters. The molecule has 0 saturated heterocycles. The summed E-state index contributed by atoms with van der Waals surface area (Å²) < 4.78 is 37.9. The van der Waals surface area contributed by atoms with Gasteiger partial charge in [-0.2, -0.15) is 13.2 Å². The SMILES string of the molecule is Cc1cc(C)c(C)s1.Cc1cc(CC(C)(C)C(F)(F)F)sc1C.Cc1cc(CC(C)(C)C)sc1C. The van der Waals surface area contributed by atoms with Gasteiger partial charge in [-0.1, -0.05) is 34.6 Å². The molecule has 0 aliphatic carbocycles. The molecule has 0 bridgehead atoms. The predicted molar refractivity (Wildman–Crippen MR) is 153 cm³/mol. The van der Waals surface area contributed by atoms with Crippen molar-refractivity contribution in [3.05, 3.63) is 64.2 Å². The van der Waals surface area contributed by atoms with Gasteiger partial charge in [-0.05, 0) is 102 Å². The molecule has 0 aliphatic rings. The topological polar surface area (TPSA) is 0 Å². The molecular formula is C29H43F3S3. The molecule has 0 spiro atoms. The normalized spacial score (nSPS) is 12.1. The maximum absolute atomic E-state index is 12.6. The molecule has 0 N–H and O–H groups in total. The van der Waals surface area contributed by atoms with Crippen LogP contribution in [0.1, 0.15) is 80.6 Å². The first-order valence-electron chi connectivity index (χ1n) is 11.9. The highest BCUT2D eigenvalue weighted by molar-refractivity contribution is 7.12. The largest absolute Gasteiger partial charge is 0.394 e. The van der Waals surface area contributed by atoms with Gasteiger partial charge in [-0.3, -0.25) is 0 Å². The Morgan fingerprint density at radius 3 is 1.17 bits per heavy atom. The highest BCUT2D eigenvalue weighted by Gasteiger charge is 2.47. The minimum Gasteiger partial charge on any atom is -0.171 e. The van der Waals surface area contributed by atoms with Gasteiger partial charge in [0.25, 0.3) is 0 Å². The fraction of sp³-hybridized carbons (Fsp3) is 0.586. The Morgan fingerprint density at radius 2 is 0.943 bits per heavy atom. The van der Waals surface area contributed by atoms with Crippen LogP contribution >= 0.6 is 34.0 Å². The summed E-state index contributed by atoms with van der Waals surface area (Å²) in [6.45, 7) is 24.1. The quantitative estimate of drug-likeness (QED) is 0.307. The zero-order valence-corrected chi connectivity index (χ0v) is 26.0. The lowest BCUT2D eigenvalue weighted by molar-refractivity contribution is -0.210. The second kappa shape index (κ2) is 12.4. The Hall–Kier alpha value is -1.11. The third kappa shape index (κ3) is 10.8. The monoisotopic (exact) mass is 544 g/mol. The summed E-state index contributed by atoms with van der Waals surface area (Å²) in [5, 5.41) is 0. The number of alkyl halides is 3. The molecule has 0 unspecified atom stereocenters. The van der Waals surface area contributed by atoms with E-state index in [-0.39, 0.29) is 6.42 Å². The first kappa shape index (κ1) is 31.9. The van der Waals surface area contributed by atoms with Gasteiger partial charge in [0.2, 0.25) is 0 Å². The van der Waals surface area contributed by atoms with E-state index in [1.165, 1.54) is 62.2 Å². The minimum atomic E-state index is -4.14. The zero-order valence-electron chi connectivity index (χ0n) is 23.5. The van der Waals surface area contributed by atoms with Crippen LogP contribution in [0.5, 0.6) is 0 Å². The molecule has 3 aromatic heterocycles. The van der Waals surface area contributed by atoms with Crippen molar-refractivity contribution >= 4 is 34.0 Å². The number of thiophene rings is 3. The predicted octanol–water partition coefficient (Wildman–Crippen LogP) is 11.1. The van der Waals surface area contributed by atoms with Crippen molar-refractivity contribution < 1.29 is 13.2 Å². The van der Waals surface area contributed by atoms with E-state index in [4.69, 9.17) is 0 Å². The number of halogens is 3. The average molecular weight is 545 g/mol. The van der Waals surface area contributed by atoms with E-state index >= 15 is 0 Å². The summed E-state index contributed by atoms with van der Waals surface area (Å²) in [5.74, 6) is 0. The van der Waals surface area contributed by atoms with E-state index in [9.17, 15) is 13.2 Å². The fourth-order valence-electron chi connectivity index (χ4n) is 3.29. The highest BCUT2D eigenvalue weighted by Crippen LogP contribution is 2.41. The van der Waals surface area contributed by atoms with E-state index in [0.29, 0.717) is 5.41 Å². The summed E-state index contributed by atoms with van der Waals surface area (Å²) in [4.78, 5) is 7.77. The van der Waals surface area contributed by atoms with Crippen LogP contribution in [0.25, 0.3) is 0 Å². The summed E-state index contributed by atoms with van der Waals surface area (Å²) in [7, 11) is 0.